The van der Waals surface area contributed by atoms with Crippen molar-refractivity contribution in [3.63, 3.8) is 0 Å². The van der Waals surface area contributed by atoms with Crippen molar-refractivity contribution < 1.29 is 19.1 Å². The van der Waals surface area contributed by atoms with Crippen LogP contribution in [0.1, 0.15) is 44.2 Å². The minimum absolute atomic E-state index is 0.0753. The van der Waals surface area contributed by atoms with Crippen LogP contribution in [0.4, 0.5) is 4.39 Å². The third-order valence-corrected chi connectivity index (χ3v) is 5.56. The van der Waals surface area contributed by atoms with Crippen molar-refractivity contribution in [2.24, 2.45) is 5.92 Å². The zero-order chi connectivity index (χ0) is 18.0. The summed E-state index contributed by atoms with van der Waals surface area (Å²) < 4.78 is 14.4. The van der Waals surface area contributed by atoms with E-state index in [9.17, 15) is 19.1 Å². The van der Waals surface area contributed by atoms with Gasteiger partial charge in [0.2, 0.25) is 5.91 Å². The second-order valence-electron chi connectivity index (χ2n) is 6.92. The van der Waals surface area contributed by atoms with Gasteiger partial charge in [0.15, 0.2) is 0 Å². The number of halogens is 1. The van der Waals surface area contributed by atoms with E-state index >= 15 is 0 Å². The van der Waals surface area contributed by atoms with Gasteiger partial charge in [-0.1, -0.05) is 25.1 Å². The molecular formula is C19H25FN2O3. The number of hydrogen-bond donors (Lipinski definition) is 1. The Balaban J connectivity index is 1.94. The largest absolute Gasteiger partial charge is 0.481 e. The number of carboxylic acids is 1. The van der Waals surface area contributed by atoms with Gasteiger partial charge in [-0.2, -0.15) is 0 Å². The quantitative estimate of drug-likeness (QED) is 0.889. The number of hydrogen-bond acceptors (Lipinski definition) is 3. The van der Waals surface area contributed by atoms with E-state index in [-0.39, 0.29) is 24.8 Å². The molecule has 0 aromatic heterocycles. The molecule has 2 heterocycles. The first-order valence-electron chi connectivity index (χ1n) is 9.03. The number of carboxylic acid groups (broad SMARTS) is 1. The zero-order valence-corrected chi connectivity index (χ0v) is 14.5. The Morgan fingerprint density at radius 3 is 2.76 bits per heavy atom. The SMILES string of the molecule is CCN1CCC[C@@H]1CN1C(=O)CC[C@@H](C(=O)O)[C@H]1c1ccccc1F. The van der Waals surface area contributed by atoms with Gasteiger partial charge in [0, 0.05) is 24.6 Å². The summed E-state index contributed by atoms with van der Waals surface area (Å²) in [5.74, 6) is -2.26. The van der Waals surface area contributed by atoms with Crippen molar-refractivity contribution in [1.29, 1.82) is 0 Å². The minimum atomic E-state index is -0.968. The van der Waals surface area contributed by atoms with Gasteiger partial charge in [-0.25, -0.2) is 4.39 Å². The molecule has 1 aromatic rings. The van der Waals surface area contributed by atoms with Crippen LogP contribution in [0.2, 0.25) is 0 Å². The molecule has 0 unspecified atom stereocenters. The van der Waals surface area contributed by atoms with E-state index in [1.165, 1.54) is 6.07 Å². The van der Waals surface area contributed by atoms with Crippen molar-refractivity contribution >= 4 is 11.9 Å². The Bertz CT molecular complexity index is 651. The highest BCUT2D eigenvalue weighted by molar-refractivity contribution is 5.81. The number of carbonyl (C=O) groups is 2. The highest BCUT2D eigenvalue weighted by Gasteiger charge is 2.43. The zero-order valence-electron chi connectivity index (χ0n) is 14.5. The van der Waals surface area contributed by atoms with E-state index in [2.05, 4.69) is 11.8 Å². The number of nitrogens with zero attached hydrogens (tertiary/aromatic N) is 2. The predicted molar refractivity (Wildman–Crippen MR) is 91.5 cm³/mol. The average Bonchev–Trinajstić information content (AvgIpc) is 3.04. The predicted octanol–water partition coefficient (Wildman–Crippen LogP) is 2.67. The highest BCUT2D eigenvalue weighted by Crippen LogP contribution is 2.39. The first kappa shape index (κ1) is 17.9. The first-order chi connectivity index (χ1) is 12.0. The van der Waals surface area contributed by atoms with Crippen LogP contribution in [0, 0.1) is 11.7 Å². The van der Waals surface area contributed by atoms with Crippen molar-refractivity contribution in [1.82, 2.24) is 9.80 Å². The van der Waals surface area contributed by atoms with Gasteiger partial charge < -0.3 is 10.0 Å². The molecule has 2 aliphatic rings. The molecule has 0 spiro atoms. The molecule has 0 bridgehead atoms. The maximum Gasteiger partial charge on any atom is 0.308 e. The summed E-state index contributed by atoms with van der Waals surface area (Å²) >= 11 is 0. The van der Waals surface area contributed by atoms with E-state index in [1.807, 2.05) is 0 Å². The van der Waals surface area contributed by atoms with Crippen LogP contribution in [0.3, 0.4) is 0 Å². The fourth-order valence-corrected chi connectivity index (χ4v) is 4.27. The Morgan fingerprint density at radius 1 is 1.32 bits per heavy atom. The second kappa shape index (κ2) is 7.52. The number of rotatable bonds is 5. The van der Waals surface area contributed by atoms with E-state index in [1.54, 1.807) is 23.1 Å². The van der Waals surface area contributed by atoms with E-state index in [0.717, 1.165) is 25.9 Å². The molecule has 2 aliphatic heterocycles. The van der Waals surface area contributed by atoms with Crippen LogP contribution in [0.15, 0.2) is 24.3 Å². The number of likely N-dealkylation sites (tertiary alicyclic amines) is 2. The molecule has 1 amide bonds. The van der Waals surface area contributed by atoms with Crippen molar-refractivity contribution in [3.05, 3.63) is 35.6 Å². The van der Waals surface area contributed by atoms with E-state index < -0.39 is 23.7 Å². The molecule has 0 radical (unpaired) electrons. The lowest BCUT2D eigenvalue weighted by Gasteiger charge is -2.42. The summed E-state index contributed by atoms with van der Waals surface area (Å²) in [5.41, 5.74) is 0.309. The summed E-state index contributed by atoms with van der Waals surface area (Å²) in [6.45, 7) is 4.45. The lowest BCUT2D eigenvalue weighted by Crippen LogP contribution is -2.50. The summed E-state index contributed by atoms with van der Waals surface area (Å²) in [6.07, 6.45) is 2.53. The monoisotopic (exact) mass is 348 g/mol. The molecule has 25 heavy (non-hydrogen) atoms. The average molecular weight is 348 g/mol. The topological polar surface area (TPSA) is 60.9 Å². The normalized spacial score (nSPS) is 27.7. The number of carbonyl (C=O) groups excluding carboxylic acids is 1. The molecule has 0 aliphatic carbocycles. The standard InChI is InChI=1S/C19H25FN2O3/c1-2-21-11-5-6-13(21)12-22-17(23)10-9-15(19(24)25)18(22)14-7-3-4-8-16(14)20/h3-4,7-8,13,15,18H,2,5-6,9-12H2,1H3,(H,24,25)/t13-,15-,18-/m1/s1. The molecule has 3 atom stereocenters. The minimum Gasteiger partial charge on any atom is -0.481 e. The fourth-order valence-electron chi connectivity index (χ4n) is 4.27. The maximum absolute atomic E-state index is 14.4. The van der Waals surface area contributed by atoms with Crippen molar-refractivity contribution in [2.75, 3.05) is 19.6 Å². The van der Waals surface area contributed by atoms with Crippen LogP contribution in [0.25, 0.3) is 0 Å². The molecule has 2 fully saturated rings. The molecule has 6 heteroatoms. The van der Waals surface area contributed by atoms with Gasteiger partial charge in [0.25, 0.3) is 0 Å². The van der Waals surface area contributed by atoms with Crippen LogP contribution in [0.5, 0.6) is 0 Å². The summed E-state index contributed by atoms with van der Waals surface area (Å²) in [6, 6.07) is 5.70. The molecule has 1 aromatic carbocycles. The van der Waals surface area contributed by atoms with Crippen LogP contribution < -0.4 is 0 Å². The number of piperidine rings is 1. The molecular weight excluding hydrogens is 323 g/mol. The lowest BCUT2D eigenvalue weighted by atomic mass is 9.83. The number of benzene rings is 1. The molecule has 1 N–H and O–H groups in total. The highest BCUT2D eigenvalue weighted by atomic mass is 19.1. The number of likely N-dealkylation sites (N-methyl/N-ethyl adjacent to an activating group) is 1. The first-order valence-corrected chi connectivity index (χ1v) is 9.03. The number of amides is 1. The van der Waals surface area contributed by atoms with Gasteiger partial charge in [0.05, 0.1) is 12.0 Å². The Hall–Kier alpha value is -1.95. The summed E-state index contributed by atoms with van der Waals surface area (Å²) in [5, 5.41) is 9.65. The number of aliphatic carboxylic acids is 1. The Morgan fingerprint density at radius 2 is 2.08 bits per heavy atom. The fraction of sp³-hybridized carbons (Fsp3) is 0.579. The maximum atomic E-state index is 14.4. The van der Waals surface area contributed by atoms with E-state index in [4.69, 9.17) is 0 Å². The van der Waals surface area contributed by atoms with Crippen LogP contribution >= 0.6 is 0 Å². The van der Waals surface area contributed by atoms with Gasteiger partial charge in [-0.15, -0.1) is 0 Å². The molecule has 2 saturated heterocycles. The molecule has 3 rings (SSSR count). The van der Waals surface area contributed by atoms with Gasteiger partial charge in [-0.3, -0.25) is 14.5 Å². The van der Waals surface area contributed by atoms with Crippen LogP contribution in [-0.2, 0) is 9.59 Å². The smallest absolute Gasteiger partial charge is 0.308 e. The Kier molecular flexibility index (Phi) is 5.37. The van der Waals surface area contributed by atoms with Gasteiger partial charge in [0.1, 0.15) is 5.82 Å². The second-order valence-corrected chi connectivity index (χ2v) is 6.92. The van der Waals surface area contributed by atoms with Crippen LogP contribution in [-0.4, -0.2) is 52.5 Å². The lowest BCUT2D eigenvalue weighted by molar-refractivity contribution is -0.152. The molecule has 136 valence electrons. The van der Waals surface area contributed by atoms with E-state index in [0.29, 0.717) is 12.1 Å². The third-order valence-electron chi connectivity index (χ3n) is 5.56. The Labute approximate surface area is 147 Å². The summed E-state index contributed by atoms with van der Waals surface area (Å²) in [4.78, 5) is 28.4. The third kappa shape index (κ3) is 3.54. The van der Waals surface area contributed by atoms with Gasteiger partial charge in [-0.05, 0) is 38.4 Å². The van der Waals surface area contributed by atoms with Crippen molar-refractivity contribution in [2.45, 2.75) is 44.7 Å². The van der Waals surface area contributed by atoms with Crippen molar-refractivity contribution in [3.8, 4) is 0 Å². The molecule has 0 saturated carbocycles. The summed E-state index contributed by atoms with van der Waals surface area (Å²) in [7, 11) is 0. The molecule has 5 nitrogen and oxygen atoms in total. The van der Waals surface area contributed by atoms with Gasteiger partial charge >= 0.3 is 5.97 Å².